The van der Waals surface area contributed by atoms with Crippen LogP contribution in [0.2, 0.25) is 0 Å². The summed E-state index contributed by atoms with van der Waals surface area (Å²) in [5, 5.41) is 9.26. The molecule has 96 valence electrons. The minimum atomic E-state index is -3.50. The van der Waals surface area contributed by atoms with E-state index < -0.39 is 10.0 Å². The van der Waals surface area contributed by atoms with Crippen molar-refractivity contribution in [1.82, 2.24) is 4.31 Å². The molecule has 0 aliphatic carbocycles. The molecule has 0 amide bonds. The topological polar surface area (TPSA) is 83.6 Å². The molecule has 2 rings (SSSR count). The van der Waals surface area contributed by atoms with Gasteiger partial charge in [-0.25, -0.2) is 8.42 Å². The summed E-state index contributed by atoms with van der Waals surface area (Å²) in [5.74, 6) is -0.0513. The smallest absolute Gasteiger partial charge is 0.243 e. The number of rotatable bonds is 2. The van der Waals surface area contributed by atoms with Crippen molar-refractivity contribution in [2.45, 2.75) is 17.4 Å². The van der Waals surface area contributed by atoms with E-state index in [1.54, 1.807) is 0 Å². The highest BCUT2D eigenvalue weighted by Gasteiger charge is 2.30. The van der Waals surface area contributed by atoms with Crippen LogP contribution in [0.1, 0.15) is 6.42 Å². The van der Waals surface area contributed by atoms with Crippen LogP contribution in [0.25, 0.3) is 0 Å². The number of benzene rings is 1. The van der Waals surface area contributed by atoms with Crippen molar-refractivity contribution in [2.75, 3.05) is 13.1 Å². The Labute approximate surface area is 107 Å². The Bertz CT molecular complexity index is 492. The highest BCUT2D eigenvalue weighted by Crippen LogP contribution is 2.22. The van der Waals surface area contributed by atoms with Crippen LogP contribution in [0.4, 0.5) is 0 Å². The van der Waals surface area contributed by atoms with E-state index in [4.69, 9.17) is 5.73 Å². The van der Waals surface area contributed by atoms with E-state index in [9.17, 15) is 13.5 Å². The van der Waals surface area contributed by atoms with Crippen molar-refractivity contribution in [3.05, 3.63) is 24.3 Å². The largest absolute Gasteiger partial charge is 0.508 e. The van der Waals surface area contributed by atoms with E-state index in [0.29, 0.717) is 19.5 Å². The van der Waals surface area contributed by atoms with Crippen LogP contribution < -0.4 is 5.73 Å². The molecular formula is C10H15ClN2O3S. The first-order valence-electron chi connectivity index (χ1n) is 5.05. The summed E-state index contributed by atoms with van der Waals surface area (Å²) in [6.07, 6.45) is 0.679. The summed E-state index contributed by atoms with van der Waals surface area (Å²) in [6.45, 7) is 0.789. The van der Waals surface area contributed by atoms with Crippen LogP contribution in [-0.2, 0) is 10.0 Å². The second-order valence-corrected chi connectivity index (χ2v) is 5.85. The van der Waals surface area contributed by atoms with Gasteiger partial charge in [0, 0.05) is 19.1 Å². The normalized spacial score (nSPS) is 21.1. The Hall–Kier alpha value is -0.820. The van der Waals surface area contributed by atoms with Crippen molar-refractivity contribution in [3.8, 4) is 5.75 Å². The van der Waals surface area contributed by atoms with Gasteiger partial charge in [-0.05, 0) is 24.6 Å². The Kier molecular flexibility index (Phi) is 4.37. The number of hydrogen-bond acceptors (Lipinski definition) is 4. The zero-order chi connectivity index (χ0) is 11.8. The molecule has 0 bridgehead atoms. The molecule has 1 aliphatic heterocycles. The van der Waals surface area contributed by atoms with Gasteiger partial charge in [-0.3, -0.25) is 0 Å². The predicted molar refractivity (Wildman–Crippen MR) is 66.7 cm³/mol. The molecule has 1 heterocycles. The molecule has 1 aromatic rings. The number of nitrogens with two attached hydrogens (primary N) is 1. The zero-order valence-electron chi connectivity index (χ0n) is 9.11. The van der Waals surface area contributed by atoms with Crippen LogP contribution in [0.3, 0.4) is 0 Å². The summed E-state index contributed by atoms with van der Waals surface area (Å²) in [6, 6.07) is 5.58. The van der Waals surface area contributed by atoms with Gasteiger partial charge >= 0.3 is 0 Å². The second-order valence-electron chi connectivity index (χ2n) is 3.91. The highest BCUT2D eigenvalue weighted by molar-refractivity contribution is 7.89. The summed E-state index contributed by atoms with van der Waals surface area (Å²) < 4.78 is 25.5. The van der Waals surface area contributed by atoms with E-state index >= 15 is 0 Å². The lowest BCUT2D eigenvalue weighted by Crippen LogP contribution is -2.31. The predicted octanol–water partition coefficient (Wildman–Crippen LogP) is 0.536. The Morgan fingerprint density at radius 2 is 2.12 bits per heavy atom. The molecule has 5 nitrogen and oxygen atoms in total. The van der Waals surface area contributed by atoms with Crippen LogP contribution in [0, 0.1) is 0 Å². The van der Waals surface area contributed by atoms with Crippen molar-refractivity contribution in [2.24, 2.45) is 5.73 Å². The molecule has 1 aromatic carbocycles. The van der Waals surface area contributed by atoms with Gasteiger partial charge < -0.3 is 10.8 Å². The first kappa shape index (κ1) is 14.2. The molecule has 1 fully saturated rings. The molecule has 1 aliphatic rings. The van der Waals surface area contributed by atoms with E-state index in [0.717, 1.165) is 0 Å². The third-order valence-corrected chi connectivity index (χ3v) is 4.50. The zero-order valence-corrected chi connectivity index (χ0v) is 10.7. The average molecular weight is 279 g/mol. The van der Waals surface area contributed by atoms with Crippen LogP contribution in [-0.4, -0.2) is 37.0 Å². The lowest BCUT2D eigenvalue weighted by atomic mass is 10.3. The maximum Gasteiger partial charge on any atom is 0.243 e. The number of hydrogen-bond donors (Lipinski definition) is 2. The summed E-state index contributed by atoms with van der Waals surface area (Å²) in [7, 11) is -3.50. The molecule has 1 atom stereocenters. The maximum absolute atomic E-state index is 12.1. The molecule has 0 saturated carbocycles. The Balaban J connectivity index is 0.00000144. The molecule has 17 heavy (non-hydrogen) atoms. The van der Waals surface area contributed by atoms with E-state index in [-0.39, 0.29) is 29.1 Å². The summed E-state index contributed by atoms with van der Waals surface area (Å²) >= 11 is 0. The first-order valence-corrected chi connectivity index (χ1v) is 6.49. The van der Waals surface area contributed by atoms with Gasteiger partial charge in [-0.1, -0.05) is 6.07 Å². The molecule has 0 spiro atoms. The van der Waals surface area contributed by atoms with Gasteiger partial charge in [-0.15, -0.1) is 12.4 Å². The number of aromatic hydroxyl groups is 1. The van der Waals surface area contributed by atoms with Crippen molar-refractivity contribution in [1.29, 1.82) is 0 Å². The fourth-order valence-electron chi connectivity index (χ4n) is 1.77. The number of phenols is 1. The summed E-state index contributed by atoms with van der Waals surface area (Å²) in [4.78, 5) is 0.113. The Morgan fingerprint density at radius 1 is 1.41 bits per heavy atom. The van der Waals surface area contributed by atoms with Gasteiger partial charge in [0.15, 0.2) is 0 Å². The van der Waals surface area contributed by atoms with Gasteiger partial charge in [0.2, 0.25) is 10.0 Å². The third-order valence-electron chi connectivity index (χ3n) is 2.64. The van der Waals surface area contributed by atoms with Gasteiger partial charge in [0.25, 0.3) is 0 Å². The monoisotopic (exact) mass is 278 g/mol. The van der Waals surface area contributed by atoms with Gasteiger partial charge in [-0.2, -0.15) is 4.31 Å². The van der Waals surface area contributed by atoms with E-state index in [1.165, 1.54) is 28.6 Å². The van der Waals surface area contributed by atoms with Crippen molar-refractivity contribution < 1.29 is 13.5 Å². The molecule has 0 aromatic heterocycles. The maximum atomic E-state index is 12.1. The number of phenolic OH excluding ortho intramolecular Hbond substituents is 1. The SMILES string of the molecule is Cl.NC1CCN(S(=O)(=O)c2cccc(O)c2)C1. The molecule has 1 unspecified atom stereocenters. The fourth-order valence-corrected chi connectivity index (χ4v) is 3.32. The highest BCUT2D eigenvalue weighted by atomic mass is 35.5. The number of halogens is 1. The minimum Gasteiger partial charge on any atom is -0.508 e. The number of nitrogens with zero attached hydrogens (tertiary/aromatic N) is 1. The standard InChI is InChI=1S/C10H14N2O3S.ClH/c11-8-4-5-12(7-8)16(14,15)10-3-1-2-9(13)6-10;/h1-3,6,8,13H,4-5,7,11H2;1H. The molecule has 7 heteroatoms. The summed E-state index contributed by atoms with van der Waals surface area (Å²) in [5.41, 5.74) is 5.67. The molecule has 3 N–H and O–H groups in total. The quantitative estimate of drug-likeness (QED) is 0.827. The van der Waals surface area contributed by atoms with Gasteiger partial charge in [0.05, 0.1) is 4.90 Å². The third kappa shape index (κ3) is 2.90. The minimum absolute atomic E-state index is 0. The molecule has 0 radical (unpaired) electrons. The number of sulfonamides is 1. The fraction of sp³-hybridized carbons (Fsp3) is 0.400. The van der Waals surface area contributed by atoms with E-state index in [2.05, 4.69) is 0 Å². The van der Waals surface area contributed by atoms with Crippen LogP contribution in [0.5, 0.6) is 5.75 Å². The average Bonchev–Trinajstić information content (AvgIpc) is 2.65. The Morgan fingerprint density at radius 3 is 2.65 bits per heavy atom. The van der Waals surface area contributed by atoms with Crippen molar-refractivity contribution >= 4 is 22.4 Å². The van der Waals surface area contributed by atoms with Crippen LogP contribution >= 0.6 is 12.4 Å². The first-order chi connectivity index (χ1) is 7.50. The van der Waals surface area contributed by atoms with E-state index in [1.807, 2.05) is 0 Å². The second kappa shape index (κ2) is 5.22. The van der Waals surface area contributed by atoms with Crippen molar-refractivity contribution in [3.63, 3.8) is 0 Å². The molecule has 1 saturated heterocycles. The lowest BCUT2D eigenvalue weighted by Gasteiger charge is -2.15. The lowest BCUT2D eigenvalue weighted by molar-refractivity contribution is 0.463. The van der Waals surface area contributed by atoms with Gasteiger partial charge in [0.1, 0.15) is 5.75 Å². The van der Waals surface area contributed by atoms with Crippen LogP contribution in [0.15, 0.2) is 29.2 Å². The molecular weight excluding hydrogens is 264 g/mol.